The molecule has 0 radical (unpaired) electrons. The van der Waals surface area contributed by atoms with Crippen molar-refractivity contribution in [3.8, 4) is 0 Å². The van der Waals surface area contributed by atoms with Gasteiger partial charge in [-0.15, -0.1) is 0 Å². The molecule has 0 amide bonds. The van der Waals surface area contributed by atoms with Crippen LogP contribution >= 0.6 is 0 Å². The lowest BCUT2D eigenvalue weighted by atomic mass is 9.66. The van der Waals surface area contributed by atoms with Crippen LogP contribution in [0.2, 0.25) is 0 Å². The van der Waals surface area contributed by atoms with E-state index in [4.69, 9.17) is 19.9 Å². The summed E-state index contributed by atoms with van der Waals surface area (Å²) in [5, 5.41) is 24.2. The molecule has 3 fully saturated rings. The van der Waals surface area contributed by atoms with Crippen LogP contribution in [0, 0.1) is 29.6 Å². The number of carbonyl (C=O) groups excluding carboxylic acids is 2. The summed E-state index contributed by atoms with van der Waals surface area (Å²) in [5.74, 6) is 1.43. The first-order chi connectivity index (χ1) is 20.7. The normalized spacial score (nSPS) is 30.7. The van der Waals surface area contributed by atoms with Crippen molar-refractivity contribution in [2.24, 2.45) is 35.3 Å². The molecule has 5 N–H and O–H groups in total. The van der Waals surface area contributed by atoms with Gasteiger partial charge in [0.05, 0.1) is 18.4 Å². The Balaban J connectivity index is 1.58. The topological polar surface area (TPSA) is 140 Å². The van der Waals surface area contributed by atoms with Crippen molar-refractivity contribution in [2.45, 2.75) is 154 Å². The Kier molecular flexibility index (Phi) is 16.3. The molecule has 3 rings (SSSR count). The molecule has 2 saturated carbocycles. The molecule has 43 heavy (non-hydrogen) atoms. The third-order valence-electron chi connectivity index (χ3n) is 10.6. The molecule has 0 aromatic heterocycles. The van der Waals surface area contributed by atoms with Crippen LogP contribution in [0.3, 0.4) is 0 Å². The van der Waals surface area contributed by atoms with Crippen molar-refractivity contribution in [2.75, 3.05) is 20.3 Å². The molecule has 9 atom stereocenters. The van der Waals surface area contributed by atoms with E-state index in [1.807, 2.05) is 0 Å². The molecule has 9 nitrogen and oxygen atoms in total. The van der Waals surface area contributed by atoms with E-state index in [1.54, 1.807) is 7.11 Å². The van der Waals surface area contributed by atoms with Gasteiger partial charge in [0, 0.05) is 34.0 Å². The maximum atomic E-state index is 12.1. The van der Waals surface area contributed by atoms with Crippen LogP contribution in [-0.2, 0) is 23.8 Å². The van der Waals surface area contributed by atoms with Crippen molar-refractivity contribution in [3.63, 3.8) is 0 Å². The fourth-order valence-corrected chi connectivity index (χ4v) is 8.32. The Morgan fingerprint density at radius 3 is 2.23 bits per heavy atom. The fourth-order valence-electron chi connectivity index (χ4n) is 8.32. The minimum Gasteiger partial charge on any atom is -0.462 e. The van der Waals surface area contributed by atoms with Crippen LogP contribution < -0.4 is 11.1 Å². The third kappa shape index (κ3) is 12.9. The van der Waals surface area contributed by atoms with Gasteiger partial charge >= 0.3 is 11.9 Å². The minimum absolute atomic E-state index is 0.0232. The van der Waals surface area contributed by atoms with E-state index in [0.29, 0.717) is 43.4 Å². The van der Waals surface area contributed by atoms with Gasteiger partial charge in [-0.1, -0.05) is 44.9 Å². The van der Waals surface area contributed by atoms with E-state index >= 15 is 0 Å². The number of rotatable bonds is 17. The summed E-state index contributed by atoms with van der Waals surface area (Å²) >= 11 is 0. The highest BCUT2D eigenvalue weighted by Crippen LogP contribution is 2.43. The van der Waals surface area contributed by atoms with Gasteiger partial charge in [0.2, 0.25) is 0 Å². The number of nitrogens with two attached hydrogens (primary N) is 1. The lowest BCUT2D eigenvalue weighted by Gasteiger charge is -2.45. The van der Waals surface area contributed by atoms with Crippen LogP contribution in [0.4, 0.5) is 0 Å². The molecule has 0 aromatic carbocycles. The summed E-state index contributed by atoms with van der Waals surface area (Å²) < 4.78 is 17.2. The van der Waals surface area contributed by atoms with Crippen molar-refractivity contribution in [1.29, 1.82) is 0 Å². The van der Waals surface area contributed by atoms with Gasteiger partial charge in [-0.05, 0) is 93.9 Å². The first-order valence-electron chi connectivity index (χ1n) is 17.3. The van der Waals surface area contributed by atoms with Crippen LogP contribution in [-0.4, -0.2) is 73.0 Å². The van der Waals surface area contributed by atoms with Gasteiger partial charge in [-0.3, -0.25) is 9.59 Å². The lowest BCUT2D eigenvalue weighted by molar-refractivity contribution is -0.153. The predicted octanol–water partition coefficient (Wildman–Crippen LogP) is 4.85. The third-order valence-corrected chi connectivity index (χ3v) is 10.6. The van der Waals surface area contributed by atoms with Gasteiger partial charge in [-0.25, -0.2) is 0 Å². The van der Waals surface area contributed by atoms with Crippen LogP contribution in [0.15, 0.2) is 0 Å². The second-order valence-corrected chi connectivity index (χ2v) is 13.9. The number of carbonyl (C=O) groups is 2. The zero-order valence-corrected chi connectivity index (χ0v) is 27.2. The minimum atomic E-state index is -0.489. The molecule has 1 heterocycles. The highest BCUT2D eigenvalue weighted by atomic mass is 16.6. The Bertz CT molecular complexity index is 808. The molecule has 0 bridgehead atoms. The van der Waals surface area contributed by atoms with Crippen LogP contribution in [0.1, 0.15) is 123 Å². The molecule has 1 saturated heterocycles. The zero-order valence-electron chi connectivity index (χ0n) is 27.2. The van der Waals surface area contributed by atoms with Crippen LogP contribution in [0.5, 0.6) is 0 Å². The molecular formula is C34H62N2O7. The zero-order chi connectivity index (χ0) is 31.2. The maximum absolute atomic E-state index is 12.1. The van der Waals surface area contributed by atoms with Gasteiger partial charge in [-0.2, -0.15) is 0 Å². The summed E-state index contributed by atoms with van der Waals surface area (Å²) in [4.78, 5) is 24.2. The van der Waals surface area contributed by atoms with E-state index < -0.39 is 6.10 Å². The molecule has 250 valence electrons. The number of hydrogen-bond acceptors (Lipinski definition) is 9. The quantitative estimate of drug-likeness (QED) is 0.170. The van der Waals surface area contributed by atoms with Crippen molar-refractivity contribution in [1.82, 2.24) is 5.32 Å². The standard InChI is InChI=1S/C34H62N2O7/c1-23(38)42-29(14-12-26(22-37)11-7-10-25-8-5-4-6-9-25)20-30(43-24(2)39)15-13-27-18-33(41-3)32(40)21-31(27)28-16-17-36-34(35)19-28/h25-34,36-37,40H,4-22,35H2,1-3H3. The highest BCUT2D eigenvalue weighted by molar-refractivity contribution is 5.66. The van der Waals surface area contributed by atoms with Gasteiger partial charge in [0.25, 0.3) is 0 Å². The van der Waals surface area contributed by atoms with Gasteiger partial charge < -0.3 is 35.5 Å². The number of hydrogen-bond donors (Lipinski definition) is 4. The summed E-state index contributed by atoms with van der Waals surface area (Å²) in [6, 6.07) is 0. The Hall–Kier alpha value is -1.26. The largest absolute Gasteiger partial charge is 0.462 e. The van der Waals surface area contributed by atoms with Gasteiger partial charge in [0.15, 0.2) is 0 Å². The average Bonchev–Trinajstić information content (AvgIpc) is 2.97. The second-order valence-electron chi connectivity index (χ2n) is 13.9. The molecule has 0 spiro atoms. The molecule has 9 unspecified atom stereocenters. The molecule has 9 heteroatoms. The molecule has 1 aliphatic heterocycles. The van der Waals surface area contributed by atoms with E-state index in [9.17, 15) is 19.8 Å². The Labute approximate surface area is 260 Å². The molecule has 3 aliphatic rings. The van der Waals surface area contributed by atoms with Crippen LogP contribution in [0.25, 0.3) is 0 Å². The first kappa shape index (κ1) is 36.2. The first-order valence-corrected chi connectivity index (χ1v) is 17.3. The average molecular weight is 611 g/mol. The smallest absolute Gasteiger partial charge is 0.302 e. The second kappa shape index (κ2) is 19.3. The molecular weight excluding hydrogens is 548 g/mol. The number of aliphatic hydroxyl groups is 2. The number of aliphatic hydroxyl groups excluding tert-OH is 2. The number of esters is 2. The number of piperidine rings is 1. The summed E-state index contributed by atoms with van der Waals surface area (Å²) in [5.41, 5.74) is 6.24. The fraction of sp³-hybridized carbons (Fsp3) is 0.941. The van der Waals surface area contributed by atoms with Crippen molar-refractivity contribution < 1.29 is 34.0 Å². The summed E-state index contributed by atoms with van der Waals surface area (Å²) in [6.07, 6.45) is 15.4. The van der Waals surface area contributed by atoms with E-state index in [1.165, 1.54) is 52.4 Å². The molecule has 0 aromatic rings. The highest BCUT2D eigenvalue weighted by Gasteiger charge is 2.41. The Morgan fingerprint density at radius 1 is 0.907 bits per heavy atom. The van der Waals surface area contributed by atoms with E-state index in [0.717, 1.165) is 57.4 Å². The molecule has 2 aliphatic carbocycles. The predicted molar refractivity (Wildman–Crippen MR) is 167 cm³/mol. The van der Waals surface area contributed by atoms with E-state index in [2.05, 4.69) is 5.32 Å². The summed E-state index contributed by atoms with van der Waals surface area (Å²) in [6.45, 7) is 3.88. The van der Waals surface area contributed by atoms with E-state index in [-0.39, 0.29) is 48.9 Å². The van der Waals surface area contributed by atoms with Crippen molar-refractivity contribution >= 4 is 11.9 Å². The number of nitrogens with one attached hydrogen (secondary N) is 1. The van der Waals surface area contributed by atoms with Gasteiger partial charge in [0.1, 0.15) is 12.2 Å². The Morgan fingerprint density at radius 2 is 1.60 bits per heavy atom. The summed E-state index contributed by atoms with van der Waals surface area (Å²) in [7, 11) is 1.66. The maximum Gasteiger partial charge on any atom is 0.302 e. The SMILES string of the molecule is COC1CC(CCC(CC(CCC(CO)CCCC2CCCCC2)OC(C)=O)OC(C)=O)C(C2CCNC(N)C2)CC1O. The van der Waals surface area contributed by atoms with Crippen molar-refractivity contribution in [3.05, 3.63) is 0 Å². The number of methoxy groups -OCH3 is 1. The monoisotopic (exact) mass is 610 g/mol. The lowest BCUT2D eigenvalue weighted by Crippen LogP contribution is -2.49. The number of ether oxygens (including phenoxy) is 3.